The van der Waals surface area contributed by atoms with Gasteiger partial charge >= 0.3 is 0 Å². The van der Waals surface area contributed by atoms with Crippen LogP contribution in [0.3, 0.4) is 0 Å². The SMILES string of the molecule is CCCCCCCC(=O)N(N)C(=N)N. The van der Waals surface area contributed by atoms with Crippen molar-refractivity contribution in [1.82, 2.24) is 5.01 Å². The molecule has 0 radical (unpaired) electrons. The van der Waals surface area contributed by atoms with Gasteiger partial charge in [-0.15, -0.1) is 0 Å². The number of nitrogens with zero attached hydrogens (tertiary/aromatic N) is 1. The highest BCUT2D eigenvalue weighted by Gasteiger charge is 2.10. The van der Waals surface area contributed by atoms with E-state index in [0.717, 1.165) is 19.3 Å². The number of nitrogens with two attached hydrogens (primary N) is 2. The van der Waals surface area contributed by atoms with E-state index in [1.54, 1.807) is 0 Å². The summed E-state index contributed by atoms with van der Waals surface area (Å²) in [6.07, 6.45) is 5.76. The monoisotopic (exact) mass is 200 g/mol. The topological polar surface area (TPSA) is 96.2 Å². The summed E-state index contributed by atoms with van der Waals surface area (Å²) in [6.45, 7) is 2.14. The number of nitrogens with one attached hydrogen (secondary N) is 1. The standard InChI is InChI=1S/C9H20N4O/c1-2-3-4-5-6-7-8(14)13(12)9(10)11/h2-7,12H2,1H3,(H3,10,11). The lowest BCUT2D eigenvalue weighted by Gasteiger charge is -2.13. The molecule has 0 heterocycles. The van der Waals surface area contributed by atoms with Crippen LogP contribution >= 0.6 is 0 Å². The molecule has 5 nitrogen and oxygen atoms in total. The first-order chi connectivity index (χ1) is 6.59. The third-order valence-electron chi connectivity index (χ3n) is 2.02. The van der Waals surface area contributed by atoms with Gasteiger partial charge in [0.25, 0.3) is 0 Å². The average molecular weight is 200 g/mol. The predicted molar refractivity (Wildman–Crippen MR) is 56.3 cm³/mol. The number of carbonyl (C=O) groups is 1. The van der Waals surface area contributed by atoms with Gasteiger partial charge < -0.3 is 5.73 Å². The fraction of sp³-hybridized carbons (Fsp3) is 0.778. The Labute approximate surface area is 84.9 Å². The van der Waals surface area contributed by atoms with Crippen LogP contribution in [0.2, 0.25) is 0 Å². The van der Waals surface area contributed by atoms with Crippen molar-refractivity contribution in [2.24, 2.45) is 11.6 Å². The minimum atomic E-state index is -0.399. The quantitative estimate of drug-likeness (QED) is 0.149. The Morgan fingerprint density at radius 1 is 1.29 bits per heavy atom. The van der Waals surface area contributed by atoms with Gasteiger partial charge in [-0.25, -0.2) is 10.9 Å². The van der Waals surface area contributed by atoms with Crippen LogP contribution < -0.4 is 11.6 Å². The molecular formula is C9H20N4O. The molecule has 0 bridgehead atoms. The molecule has 0 aliphatic rings. The molecule has 0 unspecified atom stereocenters. The Bertz CT molecular complexity index is 193. The largest absolute Gasteiger partial charge is 0.369 e. The molecule has 0 aromatic carbocycles. The van der Waals surface area contributed by atoms with Crippen LogP contribution in [-0.2, 0) is 4.79 Å². The third kappa shape index (κ3) is 5.53. The molecular weight excluding hydrogens is 180 g/mol. The number of rotatable bonds is 6. The molecule has 0 fully saturated rings. The van der Waals surface area contributed by atoms with Gasteiger partial charge in [0.2, 0.25) is 11.9 Å². The van der Waals surface area contributed by atoms with Crippen LogP contribution in [0.25, 0.3) is 0 Å². The van der Waals surface area contributed by atoms with Crippen LogP contribution in [0.5, 0.6) is 0 Å². The van der Waals surface area contributed by atoms with Gasteiger partial charge in [0.15, 0.2) is 0 Å². The molecule has 5 N–H and O–H groups in total. The minimum Gasteiger partial charge on any atom is -0.369 e. The maximum Gasteiger partial charge on any atom is 0.243 e. The maximum absolute atomic E-state index is 11.2. The van der Waals surface area contributed by atoms with Gasteiger partial charge in [0.1, 0.15) is 0 Å². The van der Waals surface area contributed by atoms with Crippen LogP contribution in [0.1, 0.15) is 45.4 Å². The van der Waals surface area contributed by atoms with Crippen LogP contribution in [0.4, 0.5) is 0 Å². The second kappa shape index (κ2) is 7.32. The molecule has 1 amide bonds. The van der Waals surface area contributed by atoms with E-state index < -0.39 is 5.96 Å². The van der Waals surface area contributed by atoms with Crippen molar-refractivity contribution in [1.29, 1.82) is 5.41 Å². The normalized spacial score (nSPS) is 9.86. The Hall–Kier alpha value is -1.10. The first kappa shape index (κ1) is 12.9. The fourth-order valence-corrected chi connectivity index (χ4v) is 1.13. The van der Waals surface area contributed by atoms with Crippen molar-refractivity contribution in [3.63, 3.8) is 0 Å². The molecule has 14 heavy (non-hydrogen) atoms. The second-order valence-electron chi connectivity index (χ2n) is 3.31. The Morgan fingerprint density at radius 2 is 1.86 bits per heavy atom. The summed E-state index contributed by atoms with van der Waals surface area (Å²) in [4.78, 5) is 11.2. The highest BCUT2D eigenvalue weighted by molar-refractivity contribution is 5.93. The number of amides is 1. The smallest absolute Gasteiger partial charge is 0.243 e. The number of hydrogen-bond donors (Lipinski definition) is 3. The summed E-state index contributed by atoms with van der Waals surface area (Å²) in [5.41, 5.74) is 5.05. The summed E-state index contributed by atoms with van der Waals surface area (Å²) in [7, 11) is 0. The maximum atomic E-state index is 11.2. The first-order valence-electron chi connectivity index (χ1n) is 5.01. The van der Waals surface area contributed by atoms with Gasteiger partial charge in [-0.3, -0.25) is 10.2 Å². The van der Waals surface area contributed by atoms with Gasteiger partial charge in [-0.1, -0.05) is 32.6 Å². The molecule has 0 rings (SSSR count). The Balaban J connectivity index is 3.49. The zero-order valence-electron chi connectivity index (χ0n) is 8.75. The molecule has 0 saturated carbocycles. The van der Waals surface area contributed by atoms with Crippen molar-refractivity contribution < 1.29 is 4.79 Å². The molecule has 0 aromatic rings. The fourth-order valence-electron chi connectivity index (χ4n) is 1.13. The lowest BCUT2D eigenvalue weighted by atomic mass is 10.1. The third-order valence-corrected chi connectivity index (χ3v) is 2.02. The molecule has 0 aliphatic carbocycles. The van der Waals surface area contributed by atoms with E-state index in [4.69, 9.17) is 17.0 Å². The number of guanidine groups is 1. The lowest BCUT2D eigenvalue weighted by molar-refractivity contribution is -0.127. The number of hydrogen-bond acceptors (Lipinski definition) is 3. The van der Waals surface area contributed by atoms with Crippen LogP contribution in [0.15, 0.2) is 0 Å². The van der Waals surface area contributed by atoms with Gasteiger partial charge in [-0.2, -0.15) is 0 Å². The number of carbonyl (C=O) groups excluding carboxylic acids is 1. The van der Waals surface area contributed by atoms with Crippen molar-refractivity contribution in [2.45, 2.75) is 45.4 Å². The van der Waals surface area contributed by atoms with Crippen molar-refractivity contribution in [2.75, 3.05) is 0 Å². The predicted octanol–water partition coefficient (Wildman–Crippen LogP) is 0.943. The summed E-state index contributed by atoms with van der Waals surface area (Å²) in [5.74, 6) is 4.55. The van der Waals surface area contributed by atoms with E-state index in [1.165, 1.54) is 12.8 Å². The number of hydrazine groups is 1. The van der Waals surface area contributed by atoms with Crippen molar-refractivity contribution in [3.05, 3.63) is 0 Å². The summed E-state index contributed by atoms with van der Waals surface area (Å²) >= 11 is 0. The van der Waals surface area contributed by atoms with Crippen molar-refractivity contribution >= 4 is 11.9 Å². The van der Waals surface area contributed by atoms with E-state index in [0.29, 0.717) is 11.4 Å². The molecule has 5 heteroatoms. The van der Waals surface area contributed by atoms with Crippen LogP contribution in [0, 0.1) is 5.41 Å². The molecule has 0 aromatic heterocycles. The van der Waals surface area contributed by atoms with E-state index in [-0.39, 0.29) is 5.91 Å². The van der Waals surface area contributed by atoms with Gasteiger partial charge in [0.05, 0.1) is 0 Å². The van der Waals surface area contributed by atoms with Crippen molar-refractivity contribution in [3.8, 4) is 0 Å². The molecule has 0 atom stereocenters. The van der Waals surface area contributed by atoms with E-state index in [1.807, 2.05) is 0 Å². The van der Waals surface area contributed by atoms with E-state index in [2.05, 4.69) is 6.92 Å². The van der Waals surface area contributed by atoms with Crippen LogP contribution in [-0.4, -0.2) is 16.9 Å². The first-order valence-corrected chi connectivity index (χ1v) is 5.01. The second-order valence-corrected chi connectivity index (χ2v) is 3.31. The van der Waals surface area contributed by atoms with Gasteiger partial charge in [-0.05, 0) is 6.42 Å². The number of unbranched alkanes of at least 4 members (excludes halogenated alkanes) is 4. The summed E-state index contributed by atoms with van der Waals surface area (Å²) in [5, 5.41) is 7.63. The molecule has 82 valence electrons. The Morgan fingerprint density at radius 3 is 2.36 bits per heavy atom. The Kier molecular flexibility index (Phi) is 6.74. The minimum absolute atomic E-state index is 0.283. The zero-order valence-corrected chi connectivity index (χ0v) is 8.75. The summed E-state index contributed by atoms with van der Waals surface area (Å²) in [6, 6.07) is 0. The summed E-state index contributed by atoms with van der Waals surface area (Å²) < 4.78 is 0. The highest BCUT2D eigenvalue weighted by atomic mass is 16.2. The molecule has 0 saturated heterocycles. The average Bonchev–Trinajstić information content (AvgIpc) is 2.16. The highest BCUT2D eigenvalue weighted by Crippen LogP contribution is 2.05. The molecule has 0 spiro atoms. The van der Waals surface area contributed by atoms with E-state index >= 15 is 0 Å². The zero-order chi connectivity index (χ0) is 11.0. The van der Waals surface area contributed by atoms with E-state index in [9.17, 15) is 4.79 Å². The lowest BCUT2D eigenvalue weighted by Crippen LogP contribution is -2.46. The molecule has 0 aliphatic heterocycles. The van der Waals surface area contributed by atoms with Gasteiger partial charge in [0, 0.05) is 6.42 Å².